The largest absolute Gasteiger partial charge is 0.338 e. The number of fused-ring (bicyclic) bond motifs is 2. The van der Waals surface area contributed by atoms with Crippen molar-refractivity contribution in [3.05, 3.63) is 85.1 Å². The fourth-order valence-electron chi connectivity index (χ4n) is 4.42. The van der Waals surface area contributed by atoms with Crippen molar-refractivity contribution < 1.29 is 9.18 Å². The number of nitrogens with one attached hydrogen (secondary N) is 3. The van der Waals surface area contributed by atoms with Crippen LogP contribution in [0.15, 0.2) is 79.3 Å². The third kappa shape index (κ3) is 4.30. The molecule has 0 bridgehead atoms. The van der Waals surface area contributed by atoms with Crippen LogP contribution in [0, 0.1) is 11.2 Å². The lowest BCUT2D eigenvalue weighted by molar-refractivity contribution is -0.123. The molecule has 0 aliphatic rings. The minimum Gasteiger partial charge on any atom is -0.338 e. The lowest BCUT2D eigenvalue weighted by Crippen LogP contribution is -2.27. The number of nitrogens with zero attached hydrogens (tertiary/aromatic N) is 3. The third-order valence-corrected chi connectivity index (χ3v) is 6.52. The van der Waals surface area contributed by atoms with Crippen molar-refractivity contribution in [2.45, 2.75) is 20.8 Å². The molecule has 0 aliphatic carbocycles. The zero-order valence-corrected chi connectivity index (χ0v) is 21.1. The van der Waals surface area contributed by atoms with Gasteiger partial charge in [0.1, 0.15) is 17.2 Å². The van der Waals surface area contributed by atoms with Crippen molar-refractivity contribution in [3.8, 4) is 33.6 Å². The molecule has 0 fully saturated rings. The number of aromatic nitrogens is 5. The molecule has 0 unspecified atom stereocenters. The van der Waals surface area contributed by atoms with Gasteiger partial charge >= 0.3 is 0 Å². The van der Waals surface area contributed by atoms with Crippen LogP contribution in [-0.4, -0.2) is 31.1 Å². The number of rotatable bonds is 4. The van der Waals surface area contributed by atoms with E-state index in [1.807, 2.05) is 51.1 Å². The molecule has 0 aliphatic heterocycles. The molecule has 0 radical (unpaired) electrons. The quantitative estimate of drug-likeness (QED) is 0.242. The summed E-state index contributed by atoms with van der Waals surface area (Å²) in [6.45, 7) is 5.61. The lowest BCUT2D eigenvalue weighted by atomic mass is 9.95. The van der Waals surface area contributed by atoms with Gasteiger partial charge in [-0.05, 0) is 59.2 Å². The van der Waals surface area contributed by atoms with Gasteiger partial charge in [0.25, 0.3) is 0 Å². The summed E-state index contributed by atoms with van der Waals surface area (Å²) < 4.78 is 13.5. The SMILES string of the molecule is CC(C)(C)C(=O)Nc1cncc(-c2ccc3[nH]nc(-c4cc5c(-c6ccc(F)cc6)ccnc5[nH]4)c3c2)c1. The van der Waals surface area contributed by atoms with Gasteiger partial charge in [0, 0.05) is 34.1 Å². The maximum atomic E-state index is 13.5. The van der Waals surface area contributed by atoms with E-state index in [-0.39, 0.29) is 11.7 Å². The van der Waals surface area contributed by atoms with Gasteiger partial charge in [0.2, 0.25) is 5.91 Å². The summed E-state index contributed by atoms with van der Waals surface area (Å²) in [6, 6.07) is 18.3. The molecule has 7 nitrogen and oxygen atoms in total. The molecule has 0 saturated carbocycles. The van der Waals surface area contributed by atoms with Gasteiger partial charge in [-0.3, -0.25) is 14.9 Å². The topological polar surface area (TPSA) is 99.3 Å². The molecular weight excluding hydrogens is 479 g/mol. The summed E-state index contributed by atoms with van der Waals surface area (Å²) >= 11 is 0. The highest BCUT2D eigenvalue weighted by atomic mass is 19.1. The number of benzene rings is 2. The molecule has 0 saturated heterocycles. The Bertz CT molecular complexity index is 1810. The Labute approximate surface area is 218 Å². The van der Waals surface area contributed by atoms with Gasteiger partial charge in [-0.25, -0.2) is 9.37 Å². The van der Waals surface area contributed by atoms with Crippen LogP contribution >= 0.6 is 0 Å². The molecule has 0 atom stereocenters. The van der Waals surface area contributed by atoms with Crippen molar-refractivity contribution in [1.82, 2.24) is 25.1 Å². The molecule has 38 heavy (non-hydrogen) atoms. The second kappa shape index (κ2) is 8.92. The van der Waals surface area contributed by atoms with Gasteiger partial charge in [0.05, 0.1) is 23.1 Å². The Balaban J connectivity index is 1.39. The molecule has 4 heterocycles. The summed E-state index contributed by atoms with van der Waals surface area (Å²) in [6.07, 6.45) is 5.15. The van der Waals surface area contributed by atoms with Crippen molar-refractivity contribution in [2.75, 3.05) is 5.32 Å². The normalized spacial score (nSPS) is 11.8. The summed E-state index contributed by atoms with van der Waals surface area (Å²) in [5.41, 5.74) is 7.01. The highest BCUT2D eigenvalue weighted by Gasteiger charge is 2.21. The number of anilines is 1. The smallest absolute Gasteiger partial charge is 0.229 e. The number of hydrogen-bond acceptors (Lipinski definition) is 4. The molecule has 6 rings (SSSR count). The minimum absolute atomic E-state index is 0.0727. The van der Waals surface area contributed by atoms with Crippen LogP contribution in [0.2, 0.25) is 0 Å². The van der Waals surface area contributed by atoms with Gasteiger partial charge < -0.3 is 10.3 Å². The number of amides is 1. The van der Waals surface area contributed by atoms with E-state index in [1.54, 1.807) is 30.7 Å². The highest BCUT2D eigenvalue weighted by Crippen LogP contribution is 2.35. The van der Waals surface area contributed by atoms with E-state index in [1.165, 1.54) is 12.1 Å². The van der Waals surface area contributed by atoms with E-state index in [2.05, 4.69) is 36.5 Å². The van der Waals surface area contributed by atoms with Crippen LogP contribution in [-0.2, 0) is 4.79 Å². The Hall–Kier alpha value is -4.85. The Morgan fingerprint density at radius 3 is 2.47 bits per heavy atom. The standard InChI is InChI=1S/C30H25FN6O/c1-30(2,3)29(38)34-21-12-19(15-32-16-21)18-6-9-25-24(13-18)27(37-36-25)26-14-23-22(10-11-33-28(23)35-26)17-4-7-20(31)8-5-17/h4-16H,1-3H3,(H,33,35)(H,34,38)(H,36,37). The number of H-pyrrole nitrogens is 2. The van der Waals surface area contributed by atoms with Crippen molar-refractivity contribution >= 4 is 33.5 Å². The second-order valence-corrected chi connectivity index (χ2v) is 10.3. The molecule has 1 amide bonds. The molecular formula is C30H25FN6O. The number of carbonyl (C=O) groups excluding carboxylic acids is 1. The second-order valence-electron chi connectivity index (χ2n) is 10.3. The monoisotopic (exact) mass is 504 g/mol. The van der Waals surface area contributed by atoms with E-state index in [4.69, 9.17) is 0 Å². The van der Waals surface area contributed by atoms with Crippen LogP contribution in [0.25, 0.3) is 55.6 Å². The molecule has 6 aromatic rings. The molecule has 4 aromatic heterocycles. The predicted octanol–water partition coefficient (Wildman–Crippen LogP) is 6.96. The molecule has 2 aromatic carbocycles. The van der Waals surface area contributed by atoms with Crippen molar-refractivity contribution in [1.29, 1.82) is 0 Å². The van der Waals surface area contributed by atoms with Crippen LogP contribution < -0.4 is 5.32 Å². The molecule has 3 N–H and O–H groups in total. The lowest BCUT2D eigenvalue weighted by Gasteiger charge is -2.17. The van der Waals surface area contributed by atoms with Crippen LogP contribution in [0.1, 0.15) is 20.8 Å². The predicted molar refractivity (Wildman–Crippen MR) is 148 cm³/mol. The van der Waals surface area contributed by atoms with Crippen molar-refractivity contribution in [3.63, 3.8) is 0 Å². The Morgan fingerprint density at radius 1 is 0.895 bits per heavy atom. The Kier molecular flexibility index (Phi) is 5.52. The fourth-order valence-corrected chi connectivity index (χ4v) is 4.42. The minimum atomic E-state index is -0.508. The molecule has 8 heteroatoms. The first-order chi connectivity index (χ1) is 18.3. The zero-order valence-electron chi connectivity index (χ0n) is 21.1. The summed E-state index contributed by atoms with van der Waals surface area (Å²) in [5, 5.41) is 12.5. The van der Waals surface area contributed by atoms with Crippen LogP contribution in [0.4, 0.5) is 10.1 Å². The average molecular weight is 505 g/mol. The maximum absolute atomic E-state index is 13.5. The number of aromatic amines is 2. The van der Waals surface area contributed by atoms with Crippen LogP contribution in [0.5, 0.6) is 0 Å². The van der Waals surface area contributed by atoms with E-state index in [0.29, 0.717) is 5.69 Å². The van der Waals surface area contributed by atoms with E-state index in [0.717, 1.165) is 55.6 Å². The first kappa shape index (κ1) is 23.5. The summed E-state index contributed by atoms with van der Waals surface area (Å²) in [5.74, 6) is -0.346. The maximum Gasteiger partial charge on any atom is 0.229 e. The fraction of sp³-hybridized carbons (Fsp3) is 0.133. The van der Waals surface area contributed by atoms with Crippen molar-refractivity contribution in [2.24, 2.45) is 5.41 Å². The van der Waals surface area contributed by atoms with Gasteiger partial charge in [-0.2, -0.15) is 5.10 Å². The van der Waals surface area contributed by atoms with Gasteiger partial charge in [0.15, 0.2) is 0 Å². The Morgan fingerprint density at radius 2 is 1.68 bits per heavy atom. The van der Waals surface area contributed by atoms with E-state index >= 15 is 0 Å². The average Bonchev–Trinajstić information content (AvgIpc) is 3.52. The van der Waals surface area contributed by atoms with E-state index in [9.17, 15) is 9.18 Å². The molecule has 0 spiro atoms. The third-order valence-electron chi connectivity index (χ3n) is 6.52. The van der Waals surface area contributed by atoms with Gasteiger partial charge in [-0.15, -0.1) is 0 Å². The van der Waals surface area contributed by atoms with Gasteiger partial charge in [-0.1, -0.05) is 39.0 Å². The summed E-state index contributed by atoms with van der Waals surface area (Å²) in [4.78, 5) is 24.7. The highest BCUT2D eigenvalue weighted by molar-refractivity contribution is 6.01. The number of hydrogen-bond donors (Lipinski definition) is 3. The first-order valence-corrected chi connectivity index (χ1v) is 12.3. The number of pyridine rings is 2. The zero-order chi connectivity index (χ0) is 26.4. The van der Waals surface area contributed by atoms with E-state index < -0.39 is 5.41 Å². The van der Waals surface area contributed by atoms with Crippen LogP contribution in [0.3, 0.4) is 0 Å². The number of halogens is 1. The first-order valence-electron chi connectivity index (χ1n) is 12.3. The molecule has 188 valence electrons. The summed E-state index contributed by atoms with van der Waals surface area (Å²) in [7, 11) is 0. The number of carbonyl (C=O) groups is 1.